The van der Waals surface area contributed by atoms with Crippen molar-refractivity contribution in [1.82, 2.24) is 25.7 Å². The summed E-state index contributed by atoms with van der Waals surface area (Å²) in [6.07, 6.45) is 2.80. The zero-order valence-electron chi connectivity index (χ0n) is 7.41. The van der Waals surface area contributed by atoms with Gasteiger partial charge in [0.15, 0.2) is 0 Å². The minimum Gasteiger partial charge on any atom is -0.319 e. The first kappa shape index (κ1) is 8.12. The maximum Gasteiger partial charge on any atom is 0.201 e. The molecule has 0 spiro atoms. The second-order valence-electron chi connectivity index (χ2n) is 2.86. The van der Waals surface area contributed by atoms with Crippen molar-refractivity contribution in [3.05, 3.63) is 17.8 Å². The molecule has 0 saturated carbocycles. The van der Waals surface area contributed by atoms with E-state index in [-0.39, 0.29) is 0 Å². The molecule has 5 nitrogen and oxygen atoms in total. The molecule has 0 aromatic carbocycles. The lowest BCUT2D eigenvalue weighted by molar-refractivity contribution is 0.790. The highest BCUT2D eigenvalue weighted by atomic mass is 15.3. The van der Waals surface area contributed by atoms with Crippen LogP contribution in [0.4, 0.5) is 0 Å². The predicted octanol–water partition coefficient (Wildman–Crippen LogP) is 0.115. The van der Waals surface area contributed by atoms with Crippen LogP contribution in [0.25, 0.3) is 11.2 Å². The van der Waals surface area contributed by atoms with Gasteiger partial charge in [-0.15, -0.1) is 5.10 Å². The molecule has 0 saturated heterocycles. The Morgan fingerprint density at radius 2 is 2.38 bits per heavy atom. The van der Waals surface area contributed by atoms with Crippen molar-refractivity contribution in [3.63, 3.8) is 0 Å². The summed E-state index contributed by atoms with van der Waals surface area (Å²) in [5, 5.41) is 13.5. The summed E-state index contributed by atoms with van der Waals surface area (Å²) in [5.41, 5.74) is 2.68. The number of nitrogens with zero attached hydrogens (tertiary/aromatic N) is 3. The number of aromatic nitrogens is 4. The fraction of sp³-hybridized carbons (Fsp3) is 0.375. The Morgan fingerprint density at radius 1 is 1.46 bits per heavy atom. The average molecular weight is 177 g/mol. The fourth-order valence-electron chi connectivity index (χ4n) is 1.19. The minimum atomic E-state index is 0.674. The number of aromatic amines is 1. The molecule has 0 unspecified atom stereocenters. The summed E-state index contributed by atoms with van der Waals surface area (Å²) in [4.78, 5) is 4.16. The summed E-state index contributed by atoms with van der Waals surface area (Å²) in [6.45, 7) is 0.949. The molecule has 0 aliphatic heterocycles. The molecule has 2 N–H and O–H groups in total. The predicted molar refractivity (Wildman–Crippen MR) is 49.3 cm³/mol. The van der Waals surface area contributed by atoms with E-state index in [2.05, 4.69) is 25.7 Å². The molecule has 0 radical (unpaired) electrons. The maximum absolute atomic E-state index is 4.16. The third-order valence-electron chi connectivity index (χ3n) is 1.89. The second kappa shape index (κ2) is 3.49. The van der Waals surface area contributed by atoms with Crippen LogP contribution in [0.3, 0.4) is 0 Å². The monoisotopic (exact) mass is 177 g/mol. The van der Waals surface area contributed by atoms with Gasteiger partial charge in [-0.3, -0.25) is 0 Å². The van der Waals surface area contributed by atoms with Crippen LogP contribution >= 0.6 is 0 Å². The van der Waals surface area contributed by atoms with Crippen molar-refractivity contribution < 1.29 is 0 Å². The topological polar surface area (TPSA) is 66.5 Å². The Morgan fingerprint density at radius 3 is 3.23 bits per heavy atom. The number of hydrogen-bond acceptors (Lipinski definition) is 4. The van der Waals surface area contributed by atoms with Crippen LogP contribution in [0.2, 0.25) is 0 Å². The molecule has 0 aliphatic rings. The Hall–Kier alpha value is -1.49. The van der Waals surface area contributed by atoms with Crippen LogP contribution in [-0.2, 0) is 6.42 Å². The Balaban J connectivity index is 2.26. The second-order valence-corrected chi connectivity index (χ2v) is 2.86. The molecule has 2 aromatic heterocycles. The van der Waals surface area contributed by atoms with E-state index < -0.39 is 0 Å². The number of fused-ring (bicyclic) bond motifs is 1. The molecule has 2 rings (SSSR count). The summed E-state index contributed by atoms with van der Waals surface area (Å²) in [7, 11) is 1.93. The maximum atomic E-state index is 4.16. The molecular weight excluding hydrogens is 166 g/mol. The molecule has 0 atom stereocenters. The van der Waals surface area contributed by atoms with Crippen molar-refractivity contribution in [1.29, 1.82) is 0 Å². The van der Waals surface area contributed by atoms with E-state index in [0.29, 0.717) is 5.65 Å². The van der Waals surface area contributed by atoms with Gasteiger partial charge in [0.2, 0.25) is 5.65 Å². The van der Waals surface area contributed by atoms with Crippen LogP contribution < -0.4 is 5.32 Å². The van der Waals surface area contributed by atoms with Gasteiger partial charge in [0.25, 0.3) is 0 Å². The van der Waals surface area contributed by atoms with Gasteiger partial charge in [0.05, 0.1) is 0 Å². The van der Waals surface area contributed by atoms with Gasteiger partial charge in [-0.25, -0.2) is 4.98 Å². The molecule has 0 bridgehead atoms. The summed E-state index contributed by atoms with van der Waals surface area (Å²) in [5.74, 6) is 0. The average Bonchev–Trinajstić information content (AvgIpc) is 2.61. The van der Waals surface area contributed by atoms with E-state index in [0.717, 1.165) is 18.5 Å². The third-order valence-corrected chi connectivity index (χ3v) is 1.89. The molecule has 13 heavy (non-hydrogen) atoms. The third kappa shape index (κ3) is 1.65. The van der Waals surface area contributed by atoms with E-state index in [1.165, 1.54) is 5.56 Å². The quantitative estimate of drug-likeness (QED) is 0.698. The number of nitrogens with one attached hydrogen (secondary N) is 2. The van der Waals surface area contributed by atoms with E-state index in [1.54, 1.807) is 0 Å². The first-order chi connectivity index (χ1) is 6.40. The lowest BCUT2D eigenvalue weighted by atomic mass is 10.2. The molecule has 0 fully saturated rings. The standard InChI is InChI=1S/C8H11N5/c1-9-3-2-6-4-7-8(10-5-6)12-13-11-7/h4-5,9H,2-3H2,1H3,(H,10,11,12,13). The van der Waals surface area contributed by atoms with Crippen LogP contribution in [0.1, 0.15) is 5.56 Å². The lowest BCUT2D eigenvalue weighted by Crippen LogP contribution is -2.10. The van der Waals surface area contributed by atoms with Gasteiger partial charge in [-0.2, -0.15) is 10.3 Å². The van der Waals surface area contributed by atoms with Gasteiger partial charge in [0.1, 0.15) is 5.52 Å². The van der Waals surface area contributed by atoms with Crippen molar-refractivity contribution in [2.24, 2.45) is 0 Å². The highest BCUT2D eigenvalue weighted by molar-refractivity contribution is 5.68. The first-order valence-corrected chi connectivity index (χ1v) is 4.20. The zero-order valence-corrected chi connectivity index (χ0v) is 7.41. The molecule has 0 aliphatic carbocycles. The Bertz CT molecular complexity index is 394. The van der Waals surface area contributed by atoms with Crippen molar-refractivity contribution >= 4 is 11.2 Å². The number of pyridine rings is 1. The summed E-state index contributed by atoms with van der Waals surface area (Å²) in [6, 6.07) is 2.00. The lowest BCUT2D eigenvalue weighted by Gasteiger charge is -1.98. The number of rotatable bonds is 3. The Kier molecular flexibility index (Phi) is 2.18. The highest BCUT2D eigenvalue weighted by Gasteiger charge is 2.00. The minimum absolute atomic E-state index is 0.674. The van der Waals surface area contributed by atoms with E-state index in [9.17, 15) is 0 Å². The van der Waals surface area contributed by atoms with Crippen LogP contribution in [0, 0.1) is 0 Å². The largest absolute Gasteiger partial charge is 0.319 e. The van der Waals surface area contributed by atoms with Crippen LogP contribution in [0.5, 0.6) is 0 Å². The molecular formula is C8H11N5. The van der Waals surface area contributed by atoms with E-state index in [1.807, 2.05) is 19.3 Å². The van der Waals surface area contributed by atoms with Crippen molar-refractivity contribution in [2.75, 3.05) is 13.6 Å². The van der Waals surface area contributed by atoms with Crippen LogP contribution in [-0.4, -0.2) is 34.0 Å². The van der Waals surface area contributed by atoms with Crippen LogP contribution in [0.15, 0.2) is 12.3 Å². The van der Waals surface area contributed by atoms with Gasteiger partial charge < -0.3 is 5.32 Å². The van der Waals surface area contributed by atoms with Crippen molar-refractivity contribution in [3.8, 4) is 0 Å². The fourth-order valence-corrected chi connectivity index (χ4v) is 1.19. The number of H-pyrrole nitrogens is 1. The van der Waals surface area contributed by atoms with Gasteiger partial charge in [-0.05, 0) is 31.6 Å². The molecule has 2 heterocycles. The summed E-state index contributed by atoms with van der Waals surface area (Å²) >= 11 is 0. The normalized spacial score (nSPS) is 10.8. The van der Waals surface area contributed by atoms with E-state index in [4.69, 9.17) is 0 Å². The highest BCUT2D eigenvalue weighted by Crippen LogP contribution is 2.06. The van der Waals surface area contributed by atoms with Gasteiger partial charge in [-0.1, -0.05) is 0 Å². The molecule has 2 aromatic rings. The summed E-state index contributed by atoms with van der Waals surface area (Å²) < 4.78 is 0. The molecule has 0 amide bonds. The van der Waals surface area contributed by atoms with E-state index >= 15 is 0 Å². The SMILES string of the molecule is CNCCc1cnc2n[nH]nc2c1. The Labute approximate surface area is 75.6 Å². The molecule has 68 valence electrons. The van der Waals surface area contributed by atoms with Gasteiger partial charge >= 0.3 is 0 Å². The number of hydrogen-bond donors (Lipinski definition) is 2. The first-order valence-electron chi connectivity index (χ1n) is 4.20. The molecule has 5 heteroatoms. The van der Waals surface area contributed by atoms with Gasteiger partial charge in [0, 0.05) is 6.20 Å². The number of likely N-dealkylation sites (N-methyl/N-ethyl adjacent to an activating group) is 1. The zero-order chi connectivity index (χ0) is 9.10. The smallest absolute Gasteiger partial charge is 0.201 e. The van der Waals surface area contributed by atoms with Crippen molar-refractivity contribution in [2.45, 2.75) is 6.42 Å².